The minimum Gasteiger partial charge on any atom is -0.406 e. The number of alkyl halides is 3. The summed E-state index contributed by atoms with van der Waals surface area (Å²) in [6.45, 7) is 1.99. The fourth-order valence-electron chi connectivity index (χ4n) is 4.53. The SMILES string of the molecule is NC(=O)Cc1ccc(Cn2ccc3c(N4CCOC[C@@H]4c4ccc(OC(F)(F)F)cc4)ncnc32)cc1. The third-order valence-electron chi connectivity index (χ3n) is 6.19. The molecule has 3 heterocycles. The van der Waals surface area contributed by atoms with E-state index in [2.05, 4.69) is 19.6 Å². The monoisotopic (exact) mass is 511 g/mol. The van der Waals surface area contributed by atoms with Crippen LogP contribution >= 0.6 is 0 Å². The van der Waals surface area contributed by atoms with E-state index in [0.717, 1.165) is 33.5 Å². The van der Waals surface area contributed by atoms with E-state index in [0.29, 0.717) is 26.3 Å². The van der Waals surface area contributed by atoms with Crippen LogP contribution in [0, 0.1) is 0 Å². The van der Waals surface area contributed by atoms with Crippen molar-refractivity contribution in [1.29, 1.82) is 0 Å². The number of carbonyl (C=O) groups excluding carboxylic acids is 1. The van der Waals surface area contributed by atoms with Crippen LogP contribution in [-0.4, -0.2) is 46.6 Å². The van der Waals surface area contributed by atoms with Crippen molar-refractivity contribution in [2.24, 2.45) is 5.73 Å². The largest absolute Gasteiger partial charge is 0.573 e. The van der Waals surface area contributed by atoms with Gasteiger partial charge in [0.15, 0.2) is 0 Å². The molecule has 0 bridgehead atoms. The van der Waals surface area contributed by atoms with E-state index in [1.807, 2.05) is 41.1 Å². The number of primary amides is 1. The third kappa shape index (κ3) is 5.67. The number of amides is 1. The summed E-state index contributed by atoms with van der Waals surface area (Å²) >= 11 is 0. The molecule has 0 unspecified atom stereocenters. The lowest BCUT2D eigenvalue weighted by Gasteiger charge is -2.37. The summed E-state index contributed by atoms with van der Waals surface area (Å²) in [7, 11) is 0. The fraction of sp³-hybridized carbons (Fsp3) is 0.269. The molecular weight excluding hydrogens is 487 g/mol. The number of halogens is 3. The molecule has 8 nitrogen and oxygen atoms in total. The molecule has 2 N–H and O–H groups in total. The van der Waals surface area contributed by atoms with E-state index < -0.39 is 6.36 Å². The Bertz CT molecular complexity index is 1390. The summed E-state index contributed by atoms with van der Waals surface area (Å²) in [4.78, 5) is 22.3. The van der Waals surface area contributed by atoms with Gasteiger partial charge in [0.05, 0.1) is 31.1 Å². The first-order chi connectivity index (χ1) is 17.8. The first kappa shape index (κ1) is 24.6. The zero-order valence-electron chi connectivity index (χ0n) is 19.7. The number of hydrogen-bond donors (Lipinski definition) is 1. The van der Waals surface area contributed by atoms with Crippen LogP contribution < -0.4 is 15.4 Å². The maximum Gasteiger partial charge on any atom is 0.573 e. The summed E-state index contributed by atoms with van der Waals surface area (Å²) < 4.78 is 49.4. The third-order valence-corrected chi connectivity index (χ3v) is 6.19. The summed E-state index contributed by atoms with van der Waals surface area (Å²) in [5.41, 5.74) is 8.71. The molecule has 1 atom stereocenters. The highest BCUT2D eigenvalue weighted by molar-refractivity contribution is 5.88. The van der Waals surface area contributed by atoms with E-state index >= 15 is 0 Å². The molecule has 0 spiro atoms. The van der Waals surface area contributed by atoms with Gasteiger partial charge in [-0.25, -0.2) is 9.97 Å². The van der Waals surface area contributed by atoms with Gasteiger partial charge in [0.2, 0.25) is 5.91 Å². The lowest BCUT2D eigenvalue weighted by Crippen LogP contribution is -2.40. The van der Waals surface area contributed by atoms with Gasteiger partial charge in [0, 0.05) is 19.3 Å². The topological polar surface area (TPSA) is 95.5 Å². The second-order valence-corrected chi connectivity index (χ2v) is 8.74. The maximum absolute atomic E-state index is 12.5. The van der Waals surface area contributed by atoms with E-state index in [1.165, 1.54) is 18.5 Å². The van der Waals surface area contributed by atoms with E-state index in [4.69, 9.17) is 10.5 Å². The number of ether oxygens (including phenoxy) is 2. The molecule has 1 aliphatic heterocycles. The number of nitrogens with zero attached hydrogens (tertiary/aromatic N) is 4. The van der Waals surface area contributed by atoms with Gasteiger partial charge in [0.1, 0.15) is 23.5 Å². The van der Waals surface area contributed by atoms with Gasteiger partial charge >= 0.3 is 6.36 Å². The predicted octanol–water partition coefficient (Wildman–Crippen LogP) is 3.98. The maximum atomic E-state index is 12.5. The molecule has 37 heavy (non-hydrogen) atoms. The summed E-state index contributed by atoms with van der Waals surface area (Å²) in [6, 6.07) is 15.2. The second-order valence-electron chi connectivity index (χ2n) is 8.74. The number of hydrogen-bond acceptors (Lipinski definition) is 6. The molecule has 192 valence electrons. The van der Waals surface area contributed by atoms with Crippen molar-refractivity contribution in [3.8, 4) is 5.75 Å². The van der Waals surface area contributed by atoms with Gasteiger partial charge < -0.3 is 24.7 Å². The van der Waals surface area contributed by atoms with Crippen molar-refractivity contribution in [2.75, 3.05) is 24.7 Å². The van der Waals surface area contributed by atoms with Crippen LogP contribution in [0.3, 0.4) is 0 Å². The van der Waals surface area contributed by atoms with Gasteiger partial charge in [0.25, 0.3) is 0 Å². The zero-order chi connectivity index (χ0) is 26.0. The molecule has 1 saturated heterocycles. The average molecular weight is 512 g/mol. The minimum atomic E-state index is -4.74. The van der Waals surface area contributed by atoms with E-state index in [-0.39, 0.29) is 24.1 Å². The van der Waals surface area contributed by atoms with Gasteiger partial charge in [-0.1, -0.05) is 36.4 Å². The molecule has 0 aliphatic carbocycles. The summed E-state index contributed by atoms with van der Waals surface area (Å²) in [5.74, 6) is 0.0774. The second kappa shape index (κ2) is 10.1. The van der Waals surface area contributed by atoms with Crippen LogP contribution in [0.5, 0.6) is 5.75 Å². The summed E-state index contributed by atoms with van der Waals surface area (Å²) in [6.07, 6.45) is -1.09. The molecule has 11 heteroatoms. The van der Waals surface area contributed by atoms with E-state index in [9.17, 15) is 18.0 Å². The molecule has 1 aliphatic rings. The molecule has 0 radical (unpaired) electrons. The van der Waals surface area contributed by atoms with Crippen LogP contribution in [-0.2, 0) is 22.5 Å². The highest BCUT2D eigenvalue weighted by Crippen LogP contribution is 2.34. The quantitative estimate of drug-likeness (QED) is 0.403. The number of fused-ring (bicyclic) bond motifs is 1. The highest BCUT2D eigenvalue weighted by Gasteiger charge is 2.32. The van der Waals surface area contributed by atoms with Crippen molar-refractivity contribution in [2.45, 2.75) is 25.4 Å². The lowest BCUT2D eigenvalue weighted by atomic mass is 10.0. The number of anilines is 1. The Morgan fingerprint density at radius 1 is 1.05 bits per heavy atom. The Morgan fingerprint density at radius 2 is 1.78 bits per heavy atom. The first-order valence-electron chi connectivity index (χ1n) is 11.6. The number of carbonyl (C=O) groups is 1. The molecule has 2 aromatic heterocycles. The number of rotatable bonds is 7. The van der Waals surface area contributed by atoms with Crippen LogP contribution in [0.25, 0.3) is 11.0 Å². The van der Waals surface area contributed by atoms with Crippen LogP contribution in [0.15, 0.2) is 67.1 Å². The zero-order valence-corrected chi connectivity index (χ0v) is 19.7. The Kier molecular flexibility index (Phi) is 6.70. The van der Waals surface area contributed by atoms with Crippen LogP contribution in [0.4, 0.5) is 19.0 Å². The Hall–Kier alpha value is -4.12. The lowest BCUT2D eigenvalue weighted by molar-refractivity contribution is -0.274. The van der Waals surface area contributed by atoms with Gasteiger partial charge in [-0.2, -0.15) is 0 Å². The highest BCUT2D eigenvalue weighted by atomic mass is 19.4. The minimum absolute atomic E-state index is 0.197. The van der Waals surface area contributed by atoms with Crippen molar-refractivity contribution in [3.05, 3.63) is 83.8 Å². The Balaban J connectivity index is 1.40. The number of nitrogens with two attached hydrogens (primary N) is 1. The molecular formula is C26H24F3N5O3. The Labute approximate surface area is 210 Å². The van der Waals surface area contributed by atoms with Gasteiger partial charge in [-0.05, 0) is 34.9 Å². The smallest absolute Gasteiger partial charge is 0.406 e. The Morgan fingerprint density at radius 3 is 2.49 bits per heavy atom. The standard InChI is InChI=1S/C26H24F3N5O3/c27-26(28,29)37-20-7-5-19(6-8-20)22-15-36-12-11-34(22)25-21-9-10-33(24(21)31-16-32-25)14-18-3-1-17(2-4-18)13-23(30)35/h1-10,16,22H,11-15H2,(H2,30,35)/t22-/m1/s1. The fourth-order valence-corrected chi connectivity index (χ4v) is 4.53. The number of aromatic nitrogens is 3. The van der Waals surface area contributed by atoms with Crippen molar-refractivity contribution >= 4 is 22.8 Å². The molecule has 1 amide bonds. The molecule has 4 aromatic rings. The first-order valence-corrected chi connectivity index (χ1v) is 11.6. The number of benzene rings is 2. The van der Waals surface area contributed by atoms with Gasteiger partial charge in [-0.3, -0.25) is 4.79 Å². The average Bonchev–Trinajstić information content (AvgIpc) is 3.27. The van der Waals surface area contributed by atoms with Crippen molar-refractivity contribution in [1.82, 2.24) is 14.5 Å². The summed E-state index contributed by atoms with van der Waals surface area (Å²) in [5, 5.41) is 0.858. The van der Waals surface area contributed by atoms with Crippen LogP contribution in [0.2, 0.25) is 0 Å². The van der Waals surface area contributed by atoms with Crippen molar-refractivity contribution in [3.63, 3.8) is 0 Å². The molecule has 2 aromatic carbocycles. The van der Waals surface area contributed by atoms with Crippen molar-refractivity contribution < 1.29 is 27.4 Å². The molecule has 5 rings (SSSR count). The molecule has 1 fully saturated rings. The predicted molar refractivity (Wildman–Crippen MR) is 130 cm³/mol. The van der Waals surface area contributed by atoms with Crippen LogP contribution in [0.1, 0.15) is 22.7 Å². The van der Waals surface area contributed by atoms with E-state index in [1.54, 1.807) is 12.1 Å². The molecule has 0 saturated carbocycles. The normalized spacial score (nSPS) is 16.2. The van der Waals surface area contributed by atoms with Gasteiger partial charge in [-0.15, -0.1) is 13.2 Å². The number of morpholine rings is 1.